The maximum absolute atomic E-state index is 12.7. The molecule has 2 aliphatic rings. The Hall–Kier alpha value is -3.76. The van der Waals surface area contributed by atoms with Gasteiger partial charge in [-0.2, -0.15) is 0 Å². The summed E-state index contributed by atoms with van der Waals surface area (Å²) in [5, 5.41) is 2.18. The maximum Gasteiger partial charge on any atom is 0.249 e. The molecule has 0 unspecified atom stereocenters. The van der Waals surface area contributed by atoms with E-state index < -0.39 is 0 Å². The highest BCUT2D eigenvalue weighted by Gasteiger charge is 2.25. The van der Waals surface area contributed by atoms with Crippen molar-refractivity contribution >= 4 is 40.5 Å². The Morgan fingerprint density at radius 3 is 2.46 bits per heavy atom. The molecule has 1 amide bonds. The molecule has 39 heavy (non-hydrogen) atoms. The van der Waals surface area contributed by atoms with Gasteiger partial charge < -0.3 is 24.0 Å². The van der Waals surface area contributed by atoms with E-state index in [1.807, 2.05) is 36.1 Å². The van der Waals surface area contributed by atoms with Crippen LogP contribution in [0.4, 0.5) is 23.0 Å². The molecule has 0 radical (unpaired) electrons. The van der Waals surface area contributed by atoms with E-state index in [2.05, 4.69) is 26.4 Å². The first-order valence-corrected chi connectivity index (χ1v) is 13.4. The smallest absolute Gasteiger partial charge is 0.249 e. The molecule has 11 heteroatoms. The maximum atomic E-state index is 12.7. The van der Waals surface area contributed by atoms with E-state index in [9.17, 15) is 4.79 Å². The minimum absolute atomic E-state index is 0.118. The zero-order valence-electron chi connectivity index (χ0n) is 22.4. The summed E-state index contributed by atoms with van der Waals surface area (Å²) in [6, 6.07) is 10.0. The Morgan fingerprint density at radius 2 is 1.77 bits per heavy atom. The molecule has 1 fully saturated rings. The first-order chi connectivity index (χ1) is 19.0. The average Bonchev–Trinajstić information content (AvgIpc) is 3.13. The first-order valence-electron chi connectivity index (χ1n) is 13.0. The number of carbonyl (C=O) groups excluding carboxylic acids is 1. The van der Waals surface area contributed by atoms with Crippen LogP contribution in [0.3, 0.4) is 0 Å². The molecule has 5 rings (SSSR count). The Balaban J connectivity index is 1.55. The molecule has 0 aliphatic carbocycles. The summed E-state index contributed by atoms with van der Waals surface area (Å²) in [5.74, 6) is 1.74. The molecule has 1 saturated heterocycles. The van der Waals surface area contributed by atoms with Gasteiger partial charge in [-0.15, -0.1) is 0 Å². The highest BCUT2D eigenvalue weighted by atomic mass is 35.5. The van der Waals surface area contributed by atoms with Crippen LogP contribution < -0.4 is 24.8 Å². The second-order valence-corrected chi connectivity index (χ2v) is 9.76. The predicted molar refractivity (Wildman–Crippen MR) is 151 cm³/mol. The van der Waals surface area contributed by atoms with Crippen LogP contribution in [-0.4, -0.2) is 74.4 Å². The molecule has 0 saturated carbocycles. The number of ether oxygens (including phenoxy) is 3. The molecule has 0 spiro atoms. The van der Waals surface area contributed by atoms with E-state index >= 15 is 0 Å². The fourth-order valence-electron chi connectivity index (χ4n) is 4.93. The number of rotatable bonds is 8. The second kappa shape index (κ2) is 12.0. The van der Waals surface area contributed by atoms with Crippen LogP contribution in [0.1, 0.15) is 18.1 Å². The molecule has 206 valence electrons. The molecule has 0 bridgehead atoms. The van der Waals surface area contributed by atoms with Crippen LogP contribution in [0.5, 0.6) is 11.5 Å². The number of fused-ring (bicyclic) bond motifs is 1. The van der Waals surface area contributed by atoms with Crippen molar-refractivity contribution in [1.29, 1.82) is 0 Å². The van der Waals surface area contributed by atoms with Crippen LogP contribution in [0.2, 0.25) is 5.02 Å². The topological polar surface area (TPSA) is 92.3 Å². The number of halogens is 1. The van der Waals surface area contributed by atoms with Crippen molar-refractivity contribution in [3.63, 3.8) is 0 Å². The van der Waals surface area contributed by atoms with Gasteiger partial charge in [0, 0.05) is 37.9 Å². The Bertz CT molecular complexity index is 1320. The van der Waals surface area contributed by atoms with Gasteiger partial charge in [0.25, 0.3) is 0 Å². The summed E-state index contributed by atoms with van der Waals surface area (Å²) in [7, 11) is 3.26. The van der Waals surface area contributed by atoms with Crippen LogP contribution in [0.15, 0.2) is 42.7 Å². The molecular weight excluding hydrogens is 520 g/mol. The van der Waals surface area contributed by atoms with Gasteiger partial charge in [-0.3, -0.25) is 10.2 Å². The standard InChI is InChI=1S/C28H33ClN6O4/c1-4-33-8-7-19-13-24(26(38-3)14-20(19)15-27(33)36)35(28-30-17-21(29)18-31-28)32-23-6-5-22(16-25(23)37-2)34-9-11-39-12-10-34/h5-6,13-14,16-18,32H,4,7-12,15H2,1-3H3. The highest BCUT2D eigenvalue weighted by molar-refractivity contribution is 6.30. The van der Waals surface area contributed by atoms with Crippen LogP contribution in [-0.2, 0) is 22.4 Å². The highest BCUT2D eigenvalue weighted by Crippen LogP contribution is 2.39. The molecule has 10 nitrogen and oxygen atoms in total. The van der Waals surface area contributed by atoms with E-state index in [-0.39, 0.29) is 5.91 Å². The first kappa shape index (κ1) is 26.8. The van der Waals surface area contributed by atoms with Gasteiger partial charge in [-0.05, 0) is 48.7 Å². The molecule has 3 heterocycles. The van der Waals surface area contributed by atoms with Crippen molar-refractivity contribution in [2.45, 2.75) is 19.8 Å². The molecule has 0 atom stereocenters. The number of hydrogen-bond acceptors (Lipinski definition) is 9. The van der Waals surface area contributed by atoms with Crippen molar-refractivity contribution < 1.29 is 19.0 Å². The number of anilines is 4. The Morgan fingerprint density at radius 1 is 1.03 bits per heavy atom. The Labute approximate surface area is 233 Å². The number of carbonyl (C=O) groups is 1. The van der Waals surface area contributed by atoms with Crippen molar-refractivity contribution in [1.82, 2.24) is 14.9 Å². The van der Waals surface area contributed by atoms with Crippen LogP contribution >= 0.6 is 11.6 Å². The molecular formula is C28H33ClN6O4. The van der Waals surface area contributed by atoms with Crippen LogP contribution in [0.25, 0.3) is 0 Å². The largest absolute Gasteiger partial charge is 0.494 e. The van der Waals surface area contributed by atoms with E-state index in [0.29, 0.717) is 60.9 Å². The summed E-state index contributed by atoms with van der Waals surface area (Å²) in [6.45, 7) is 6.39. The van der Waals surface area contributed by atoms with E-state index in [0.717, 1.165) is 42.0 Å². The lowest BCUT2D eigenvalue weighted by atomic mass is 10.0. The molecule has 2 aromatic carbocycles. The summed E-state index contributed by atoms with van der Waals surface area (Å²) in [5.41, 5.74) is 7.96. The number of hydrazine groups is 1. The van der Waals surface area contributed by atoms with Crippen LogP contribution in [0, 0.1) is 0 Å². The molecule has 2 aliphatic heterocycles. The van der Waals surface area contributed by atoms with Crippen molar-refractivity contribution in [3.8, 4) is 11.5 Å². The molecule has 3 aromatic rings. The van der Waals surface area contributed by atoms with Gasteiger partial charge >= 0.3 is 0 Å². The van der Waals surface area contributed by atoms with Gasteiger partial charge in [0.1, 0.15) is 17.2 Å². The second-order valence-electron chi connectivity index (χ2n) is 9.33. The minimum atomic E-state index is 0.118. The molecule has 1 N–H and O–H groups in total. The third-order valence-electron chi connectivity index (χ3n) is 7.07. The average molecular weight is 553 g/mol. The monoisotopic (exact) mass is 552 g/mol. The van der Waals surface area contributed by atoms with Crippen molar-refractivity contribution in [2.24, 2.45) is 0 Å². The number of aromatic nitrogens is 2. The fraction of sp³-hybridized carbons (Fsp3) is 0.393. The summed E-state index contributed by atoms with van der Waals surface area (Å²) < 4.78 is 17.1. The number of nitrogens with zero attached hydrogens (tertiary/aromatic N) is 5. The lowest BCUT2D eigenvalue weighted by Crippen LogP contribution is -2.36. The molecule has 1 aromatic heterocycles. The van der Waals surface area contributed by atoms with Crippen molar-refractivity contribution in [3.05, 3.63) is 58.9 Å². The van der Waals surface area contributed by atoms with E-state index in [1.54, 1.807) is 31.6 Å². The summed E-state index contributed by atoms with van der Waals surface area (Å²) >= 11 is 6.12. The number of nitrogens with one attached hydrogen (secondary N) is 1. The van der Waals surface area contributed by atoms with Gasteiger partial charge in [-0.1, -0.05) is 11.6 Å². The number of morpholine rings is 1. The number of hydrogen-bond donors (Lipinski definition) is 1. The summed E-state index contributed by atoms with van der Waals surface area (Å²) in [6.07, 6.45) is 4.16. The predicted octanol–water partition coefficient (Wildman–Crippen LogP) is 4.10. The Kier molecular flexibility index (Phi) is 8.23. The van der Waals surface area contributed by atoms with Crippen molar-refractivity contribution in [2.75, 3.05) is 68.9 Å². The van der Waals surface area contributed by atoms with Gasteiger partial charge in [0.2, 0.25) is 11.9 Å². The zero-order valence-corrected chi connectivity index (χ0v) is 23.2. The van der Waals surface area contributed by atoms with Gasteiger partial charge in [-0.25, -0.2) is 15.0 Å². The van der Waals surface area contributed by atoms with E-state index in [4.69, 9.17) is 25.8 Å². The lowest BCUT2D eigenvalue weighted by molar-refractivity contribution is -0.130. The third-order valence-corrected chi connectivity index (χ3v) is 7.26. The van der Waals surface area contributed by atoms with Gasteiger partial charge in [0.05, 0.1) is 57.0 Å². The quantitative estimate of drug-likeness (QED) is 0.415. The normalized spacial score (nSPS) is 15.4. The van der Waals surface area contributed by atoms with E-state index in [1.165, 1.54) is 0 Å². The fourth-order valence-corrected chi connectivity index (χ4v) is 5.03. The number of likely N-dealkylation sites (N-methyl/N-ethyl adjacent to an activating group) is 1. The van der Waals surface area contributed by atoms with Gasteiger partial charge in [0.15, 0.2) is 0 Å². The summed E-state index contributed by atoms with van der Waals surface area (Å²) in [4.78, 5) is 25.9. The lowest BCUT2D eigenvalue weighted by Gasteiger charge is -2.30. The number of amides is 1. The number of methoxy groups -OCH3 is 2. The zero-order chi connectivity index (χ0) is 27.4. The third kappa shape index (κ3) is 5.81. The SMILES string of the molecule is CCN1CCc2cc(N(Nc3ccc(N4CCOCC4)cc3OC)c3ncc(Cl)cn3)c(OC)cc2CC1=O. The minimum Gasteiger partial charge on any atom is -0.494 e. The number of benzene rings is 2.